The van der Waals surface area contributed by atoms with Gasteiger partial charge in [-0.05, 0) is 30.7 Å². The Kier molecular flexibility index (Phi) is 9.55. The maximum atomic E-state index is 9.02. The summed E-state index contributed by atoms with van der Waals surface area (Å²) in [5, 5.41) is 12.4. The number of aliphatic hydroxyl groups excluding tert-OH is 1. The largest absolute Gasteiger partial charge is 0.394 e. The van der Waals surface area contributed by atoms with Crippen molar-refractivity contribution in [1.29, 1.82) is 0 Å². The number of hydrogen-bond acceptors (Lipinski definition) is 2. The first-order valence-electron chi connectivity index (χ1n) is 8.49. The normalized spacial score (nSPS) is 21.7. The predicted octanol–water partition coefficient (Wildman–Crippen LogP) is 3.08. The summed E-state index contributed by atoms with van der Waals surface area (Å²) in [4.78, 5) is 6.86. The Hall–Kier alpha value is -0.820. The number of halogens is 1. The van der Waals surface area contributed by atoms with E-state index in [1.165, 1.54) is 12.0 Å². The van der Waals surface area contributed by atoms with Gasteiger partial charge in [0.2, 0.25) is 0 Å². The lowest BCUT2D eigenvalue weighted by atomic mass is 9.79. The fourth-order valence-corrected chi connectivity index (χ4v) is 3.36. The van der Waals surface area contributed by atoms with Crippen molar-refractivity contribution in [2.45, 2.75) is 32.6 Å². The molecule has 2 N–H and O–H groups in total. The molecule has 1 aromatic carbocycles. The SMILES string of the molecule is CCNC(=NCCO)N1CCC(c2ccccc2)C(CC)C1.I. The van der Waals surface area contributed by atoms with Gasteiger partial charge in [0.1, 0.15) is 0 Å². The molecule has 4 nitrogen and oxygen atoms in total. The van der Waals surface area contributed by atoms with Crippen molar-refractivity contribution in [3.8, 4) is 0 Å². The number of rotatable bonds is 5. The molecule has 0 aliphatic carbocycles. The zero-order valence-corrected chi connectivity index (χ0v) is 16.6. The maximum Gasteiger partial charge on any atom is 0.194 e. The molecule has 2 atom stereocenters. The zero-order valence-electron chi connectivity index (χ0n) is 14.2. The minimum Gasteiger partial charge on any atom is -0.394 e. The third-order valence-electron chi connectivity index (χ3n) is 4.48. The van der Waals surface area contributed by atoms with Crippen LogP contribution < -0.4 is 5.32 Å². The van der Waals surface area contributed by atoms with Crippen LogP contribution in [0.25, 0.3) is 0 Å². The third-order valence-corrected chi connectivity index (χ3v) is 4.48. The van der Waals surface area contributed by atoms with E-state index in [-0.39, 0.29) is 30.6 Å². The molecule has 0 radical (unpaired) electrons. The van der Waals surface area contributed by atoms with Crippen LogP contribution in [-0.2, 0) is 0 Å². The second-order valence-electron chi connectivity index (χ2n) is 5.88. The highest BCUT2D eigenvalue weighted by Gasteiger charge is 2.30. The fourth-order valence-electron chi connectivity index (χ4n) is 3.36. The number of guanidine groups is 1. The van der Waals surface area contributed by atoms with Crippen LogP contribution in [0.2, 0.25) is 0 Å². The molecule has 23 heavy (non-hydrogen) atoms. The number of benzene rings is 1. The number of aliphatic imine (C=N–C) groups is 1. The number of nitrogens with zero attached hydrogens (tertiary/aromatic N) is 2. The quantitative estimate of drug-likeness (QED) is 0.428. The smallest absolute Gasteiger partial charge is 0.194 e. The molecular weight excluding hydrogens is 401 g/mol. The van der Waals surface area contributed by atoms with Crippen molar-refractivity contribution in [2.75, 3.05) is 32.8 Å². The summed E-state index contributed by atoms with van der Waals surface area (Å²) in [5.74, 6) is 2.24. The van der Waals surface area contributed by atoms with E-state index in [9.17, 15) is 0 Å². The van der Waals surface area contributed by atoms with Crippen LogP contribution in [0, 0.1) is 5.92 Å². The highest BCUT2D eigenvalue weighted by molar-refractivity contribution is 14.0. The number of piperidine rings is 1. The molecule has 130 valence electrons. The average molecular weight is 431 g/mol. The predicted molar refractivity (Wildman–Crippen MR) is 108 cm³/mol. The summed E-state index contributed by atoms with van der Waals surface area (Å²) in [5.41, 5.74) is 1.46. The number of aliphatic hydroxyl groups is 1. The summed E-state index contributed by atoms with van der Waals surface area (Å²) >= 11 is 0. The zero-order chi connectivity index (χ0) is 15.8. The third kappa shape index (κ3) is 5.64. The van der Waals surface area contributed by atoms with Gasteiger partial charge in [0.15, 0.2) is 5.96 Å². The van der Waals surface area contributed by atoms with E-state index in [4.69, 9.17) is 5.11 Å². The van der Waals surface area contributed by atoms with Gasteiger partial charge < -0.3 is 15.3 Å². The van der Waals surface area contributed by atoms with Crippen LogP contribution in [0.4, 0.5) is 0 Å². The highest BCUT2D eigenvalue weighted by atomic mass is 127. The van der Waals surface area contributed by atoms with Crippen molar-refractivity contribution >= 4 is 29.9 Å². The van der Waals surface area contributed by atoms with Gasteiger partial charge in [-0.3, -0.25) is 4.99 Å². The number of nitrogens with one attached hydrogen (secondary N) is 1. The molecule has 0 aromatic heterocycles. The lowest BCUT2D eigenvalue weighted by molar-refractivity contribution is 0.215. The molecule has 1 aliphatic rings. The summed E-state index contributed by atoms with van der Waals surface area (Å²) < 4.78 is 0. The van der Waals surface area contributed by atoms with E-state index in [1.54, 1.807) is 0 Å². The Morgan fingerprint density at radius 3 is 2.65 bits per heavy atom. The molecular formula is C18H30IN3O. The molecule has 1 saturated heterocycles. The van der Waals surface area contributed by atoms with Crippen molar-refractivity contribution in [2.24, 2.45) is 10.9 Å². The second-order valence-corrected chi connectivity index (χ2v) is 5.88. The second kappa shape index (κ2) is 10.9. The van der Waals surface area contributed by atoms with Gasteiger partial charge in [-0.15, -0.1) is 24.0 Å². The topological polar surface area (TPSA) is 47.9 Å². The summed E-state index contributed by atoms with van der Waals surface area (Å²) in [6.45, 7) is 7.86. The first-order chi connectivity index (χ1) is 10.8. The molecule has 1 fully saturated rings. The van der Waals surface area contributed by atoms with Gasteiger partial charge in [-0.1, -0.05) is 43.7 Å². The fraction of sp³-hybridized carbons (Fsp3) is 0.611. The van der Waals surface area contributed by atoms with Crippen LogP contribution in [0.15, 0.2) is 35.3 Å². The van der Waals surface area contributed by atoms with E-state index in [1.807, 2.05) is 0 Å². The minimum atomic E-state index is 0. The maximum absolute atomic E-state index is 9.02. The van der Waals surface area contributed by atoms with E-state index < -0.39 is 0 Å². The first kappa shape index (κ1) is 20.2. The standard InChI is InChI=1S/C18H29N3O.HI/c1-3-15-14-21(18(19-4-2)20-11-13-22)12-10-17(15)16-8-6-5-7-9-16;/h5-9,15,17,22H,3-4,10-14H2,1-2H3,(H,19,20);1H. The molecule has 1 aromatic rings. The highest BCUT2D eigenvalue weighted by Crippen LogP contribution is 2.34. The molecule has 0 spiro atoms. The van der Waals surface area contributed by atoms with Gasteiger partial charge in [0, 0.05) is 19.6 Å². The lowest BCUT2D eigenvalue weighted by Crippen LogP contribution is -2.48. The molecule has 5 heteroatoms. The van der Waals surface area contributed by atoms with Gasteiger partial charge in [0.05, 0.1) is 13.2 Å². The first-order valence-corrected chi connectivity index (χ1v) is 8.49. The molecule has 2 rings (SSSR count). The van der Waals surface area contributed by atoms with Crippen molar-refractivity contribution < 1.29 is 5.11 Å². The molecule has 0 bridgehead atoms. The summed E-state index contributed by atoms with van der Waals surface area (Å²) in [6.07, 6.45) is 2.33. The van der Waals surface area contributed by atoms with Crippen LogP contribution in [0.5, 0.6) is 0 Å². The summed E-state index contributed by atoms with van der Waals surface area (Å²) in [6, 6.07) is 10.9. The van der Waals surface area contributed by atoms with Crippen molar-refractivity contribution in [3.63, 3.8) is 0 Å². The Morgan fingerprint density at radius 1 is 1.30 bits per heavy atom. The Morgan fingerprint density at radius 2 is 2.04 bits per heavy atom. The van der Waals surface area contributed by atoms with Crippen LogP contribution in [0.3, 0.4) is 0 Å². The van der Waals surface area contributed by atoms with E-state index in [0.29, 0.717) is 18.4 Å². The van der Waals surface area contributed by atoms with E-state index >= 15 is 0 Å². The van der Waals surface area contributed by atoms with Gasteiger partial charge in [0.25, 0.3) is 0 Å². The van der Waals surface area contributed by atoms with Crippen molar-refractivity contribution in [3.05, 3.63) is 35.9 Å². The Bertz CT molecular complexity index is 467. The van der Waals surface area contributed by atoms with E-state index in [0.717, 1.165) is 32.0 Å². The molecule has 1 aliphatic heterocycles. The van der Waals surface area contributed by atoms with Crippen LogP contribution >= 0.6 is 24.0 Å². The molecule has 1 heterocycles. The van der Waals surface area contributed by atoms with Gasteiger partial charge in [-0.2, -0.15) is 0 Å². The molecule has 2 unspecified atom stereocenters. The molecule has 0 saturated carbocycles. The van der Waals surface area contributed by atoms with E-state index in [2.05, 4.69) is 59.4 Å². The monoisotopic (exact) mass is 431 g/mol. The van der Waals surface area contributed by atoms with Crippen LogP contribution in [0.1, 0.15) is 38.2 Å². The lowest BCUT2D eigenvalue weighted by Gasteiger charge is -2.40. The minimum absolute atomic E-state index is 0. The number of hydrogen-bond donors (Lipinski definition) is 2. The summed E-state index contributed by atoms with van der Waals surface area (Å²) in [7, 11) is 0. The average Bonchev–Trinajstić information content (AvgIpc) is 2.59. The van der Waals surface area contributed by atoms with Gasteiger partial charge >= 0.3 is 0 Å². The van der Waals surface area contributed by atoms with Crippen LogP contribution in [-0.4, -0.2) is 48.8 Å². The Labute approximate surface area is 157 Å². The van der Waals surface area contributed by atoms with Crippen molar-refractivity contribution in [1.82, 2.24) is 10.2 Å². The number of likely N-dealkylation sites (tertiary alicyclic amines) is 1. The Balaban J connectivity index is 0.00000264. The molecule has 0 amide bonds. The van der Waals surface area contributed by atoms with Gasteiger partial charge in [-0.25, -0.2) is 0 Å².